The molecule has 82 valence electrons. The molecule has 2 nitrogen and oxygen atoms in total. The lowest BCUT2D eigenvalue weighted by Gasteiger charge is -2.05. The van der Waals surface area contributed by atoms with Crippen LogP contribution >= 0.6 is 22.6 Å². The molecule has 0 unspecified atom stereocenters. The molecule has 0 spiro atoms. The first-order valence-electron chi connectivity index (χ1n) is 5.12. The topological polar surface area (TPSA) is 26.3 Å². The van der Waals surface area contributed by atoms with Crippen molar-refractivity contribution in [1.29, 1.82) is 0 Å². The quantitative estimate of drug-likeness (QED) is 0.593. The number of hydrogen-bond acceptors (Lipinski definition) is 2. The van der Waals surface area contributed by atoms with Crippen LogP contribution in [0.15, 0.2) is 24.3 Å². The number of halogens is 1. The van der Waals surface area contributed by atoms with Gasteiger partial charge < -0.3 is 4.74 Å². The van der Waals surface area contributed by atoms with Crippen LogP contribution in [0.5, 0.6) is 5.75 Å². The summed E-state index contributed by atoms with van der Waals surface area (Å²) in [6, 6.07) is 7.91. The molecule has 15 heavy (non-hydrogen) atoms. The zero-order chi connectivity index (χ0) is 11.1. The van der Waals surface area contributed by atoms with Gasteiger partial charge in [0.1, 0.15) is 11.5 Å². The van der Waals surface area contributed by atoms with Crippen LogP contribution in [0, 0.1) is 3.57 Å². The lowest BCUT2D eigenvalue weighted by Crippen LogP contribution is -2.02. The van der Waals surface area contributed by atoms with Crippen molar-refractivity contribution >= 4 is 28.4 Å². The van der Waals surface area contributed by atoms with Crippen molar-refractivity contribution in [2.75, 3.05) is 6.61 Å². The van der Waals surface area contributed by atoms with Crippen LogP contribution in [0.1, 0.15) is 26.2 Å². The summed E-state index contributed by atoms with van der Waals surface area (Å²) in [4.78, 5) is 11.0. The van der Waals surface area contributed by atoms with Gasteiger partial charge in [0, 0.05) is 16.4 Å². The van der Waals surface area contributed by atoms with Gasteiger partial charge in [0.05, 0.1) is 6.61 Å². The predicted molar refractivity (Wildman–Crippen MR) is 69.2 cm³/mol. The van der Waals surface area contributed by atoms with Crippen LogP contribution < -0.4 is 4.74 Å². The second-order valence-electron chi connectivity index (χ2n) is 3.30. The Labute approximate surface area is 104 Å². The Bertz CT molecular complexity index is 306. The van der Waals surface area contributed by atoms with Gasteiger partial charge in [-0.2, -0.15) is 0 Å². The normalized spacial score (nSPS) is 10.0. The van der Waals surface area contributed by atoms with E-state index in [9.17, 15) is 4.79 Å². The molecule has 1 rings (SSSR count). The highest BCUT2D eigenvalue weighted by molar-refractivity contribution is 14.1. The van der Waals surface area contributed by atoms with E-state index in [0.29, 0.717) is 25.2 Å². The molecule has 1 aromatic carbocycles. The van der Waals surface area contributed by atoms with Crippen LogP contribution in [-0.2, 0) is 4.79 Å². The fraction of sp³-hybridized carbons (Fsp3) is 0.417. The Hall–Kier alpha value is -0.580. The van der Waals surface area contributed by atoms with Gasteiger partial charge in [-0.1, -0.05) is 6.92 Å². The maximum Gasteiger partial charge on any atom is 0.132 e. The molecule has 0 saturated carbocycles. The summed E-state index contributed by atoms with van der Waals surface area (Å²) in [6.45, 7) is 2.51. The standard InChI is InChI=1S/C12H15IO2/c1-2-11(14)4-3-9-15-12-7-5-10(13)6-8-12/h5-8H,2-4,9H2,1H3. The molecule has 0 aliphatic rings. The lowest BCUT2D eigenvalue weighted by atomic mass is 10.2. The molecule has 0 fully saturated rings. The Morgan fingerprint density at radius 2 is 2.00 bits per heavy atom. The van der Waals surface area contributed by atoms with E-state index in [4.69, 9.17) is 4.74 Å². The second kappa shape index (κ2) is 6.82. The maximum absolute atomic E-state index is 11.0. The fourth-order valence-corrected chi connectivity index (χ4v) is 1.53. The molecule has 0 aliphatic heterocycles. The average molecular weight is 318 g/mol. The number of carbonyl (C=O) groups is 1. The van der Waals surface area contributed by atoms with Crippen molar-refractivity contribution < 1.29 is 9.53 Å². The smallest absolute Gasteiger partial charge is 0.132 e. The Balaban J connectivity index is 2.20. The third-order valence-corrected chi connectivity index (χ3v) is 2.80. The first-order chi connectivity index (χ1) is 7.22. The first kappa shape index (κ1) is 12.5. The summed E-state index contributed by atoms with van der Waals surface area (Å²) in [6.07, 6.45) is 2.06. The molecule has 0 saturated heterocycles. The summed E-state index contributed by atoms with van der Waals surface area (Å²) in [5.41, 5.74) is 0. The van der Waals surface area contributed by atoms with Crippen LogP contribution in [0.25, 0.3) is 0 Å². The fourth-order valence-electron chi connectivity index (χ4n) is 1.17. The van der Waals surface area contributed by atoms with Crippen LogP contribution in [0.2, 0.25) is 0 Å². The third kappa shape index (κ3) is 5.16. The minimum atomic E-state index is 0.307. The van der Waals surface area contributed by atoms with Gasteiger partial charge in [-0.3, -0.25) is 4.79 Å². The summed E-state index contributed by atoms with van der Waals surface area (Å²) >= 11 is 2.25. The predicted octanol–water partition coefficient (Wildman–Crippen LogP) is 3.43. The molecular formula is C12H15IO2. The van der Waals surface area contributed by atoms with Crippen molar-refractivity contribution in [2.24, 2.45) is 0 Å². The zero-order valence-electron chi connectivity index (χ0n) is 8.83. The number of carbonyl (C=O) groups excluding carboxylic acids is 1. The van der Waals surface area contributed by atoms with Gasteiger partial charge >= 0.3 is 0 Å². The van der Waals surface area contributed by atoms with E-state index in [2.05, 4.69) is 22.6 Å². The van der Waals surface area contributed by atoms with Crippen LogP contribution in [-0.4, -0.2) is 12.4 Å². The number of rotatable bonds is 6. The van der Waals surface area contributed by atoms with Crippen LogP contribution in [0.3, 0.4) is 0 Å². The van der Waals surface area contributed by atoms with E-state index in [0.717, 1.165) is 12.2 Å². The molecule has 0 atom stereocenters. The molecule has 1 aromatic rings. The van der Waals surface area contributed by atoms with E-state index in [1.165, 1.54) is 3.57 Å². The highest BCUT2D eigenvalue weighted by atomic mass is 127. The third-order valence-electron chi connectivity index (χ3n) is 2.08. The van der Waals surface area contributed by atoms with Gasteiger partial charge in [-0.25, -0.2) is 0 Å². The maximum atomic E-state index is 11.0. The highest BCUT2D eigenvalue weighted by Crippen LogP contribution is 2.13. The Kier molecular flexibility index (Phi) is 5.68. The summed E-state index contributed by atoms with van der Waals surface area (Å²) < 4.78 is 6.70. The second-order valence-corrected chi connectivity index (χ2v) is 4.54. The summed E-state index contributed by atoms with van der Waals surface area (Å²) in [7, 11) is 0. The molecular weight excluding hydrogens is 303 g/mol. The van der Waals surface area contributed by atoms with Crippen molar-refractivity contribution in [3.63, 3.8) is 0 Å². The number of benzene rings is 1. The monoisotopic (exact) mass is 318 g/mol. The molecule has 0 radical (unpaired) electrons. The van der Waals surface area contributed by atoms with Crippen molar-refractivity contribution in [2.45, 2.75) is 26.2 Å². The number of ether oxygens (including phenoxy) is 1. The number of Topliss-reactive ketones (excluding diaryl/α,β-unsaturated/α-hetero) is 1. The minimum Gasteiger partial charge on any atom is -0.494 e. The average Bonchev–Trinajstić information content (AvgIpc) is 2.26. The van der Waals surface area contributed by atoms with Crippen LogP contribution in [0.4, 0.5) is 0 Å². The molecule has 0 bridgehead atoms. The van der Waals surface area contributed by atoms with E-state index < -0.39 is 0 Å². The van der Waals surface area contributed by atoms with E-state index in [1.807, 2.05) is 31.2 Å². The SMILES string of the molecule is CCC(=O)CCCOc1ccc(I)cc1. The first-order valence-corrected chi connectivity index (χ1v) is 6.20. The van der Waals surface area contributed by atoms with E-state index in [1.54, 1.807) is 0 Å². The number of ketones is 1. The highest BCUT2D eigenvalue weighted by Gasteiger charge is 1.98. The van der Waals surface area contributed by atoms with Crippen molar-refractivity contribution in [3.8, 4) is 5.75 Å². The molecule has 0 aromatic heterocycles. The molecule has 0 heterocycles. The van der Waals surface area contributed by atoms with Crippen molar-refractivity contribution in [1.82, 2.24) is 0 Å². The van der Waals surface area contributed by atoms with Crippen molar-refractivity contribution in [3.05, 3.63) is 27.8 Å². The lowest BCUT2D eigenvalue weighted by molar-refractivity contribution is -0.118. The molecule has 3 heteroatoms. The molecule has 0 amide bonds. The Morgan fingerprint density at radius 1 is 1.33 bits per heavy atom. The summed E-state index contributed by atoms with van der Waals surface area (Å²) in [5, 5.41) is 0. The molecule has 0 N–H and O–H groups in total. The zero-order valence-corrected chi connectivity index (χ0v) is 11.0. The van der Waals surface area contributed by atoms with Gasteiger partial charge in [0.2, 0.25) is 0 Å². The summed E-state index contributed by atoms with van der Waals surface area (Å²) in [5.74, 6) is 1.18. The van der Waals surface area contributed by atoms with Gasteiger partial charge in [-0.05, 0) is 53.3 Å². The van der Waals surface area contributed by atoms with Gasteiger partial charge in [0.15, 0.2) is 0 Å². The van der Waals surface area contributed by atoms with Gasteiger partial charge in [0.25, 0.3) is 0 Å². The van der Waals surface area contributed by atoms with E-state index >= 15 is 0 Å². The van der Waals surface area contributed by atoms with Gasteiger partial charge in [-0.15, -0.1) is 0 Å². The largest absolute Gasteiger partial charge is 0.494 e. The molecule has 0 aliphatic carbocycles. The minimum absolute atomic E-state index is 0.307. The Morgan fingerprint density at radius 3 is 2.60 bits per heavy atom. The number of hydrogen-bond donors (Lipinski definition) is 0. The van der Waals surface area contributed by atoms with E-state index in [-0.39, 0.29) is 0 Å².